The number of para-hydroxylation sites is 1. The highest BCUT2D eigenvalue weighted by molar-refractivity contribution is 6.09. The molecular weight excluding hydrogens is 330 g/mol. The Kier molecular flexibility index (Phi) is 5.31. The first-order valence-electron chi connectivity index (χ1n) is 8.59. The van der Waals surface area contributed by atoms with Crippen molar-refractivity contribution in [2.24, 2.45) is 0 Å². The van der Waals surface area contributed by atoms with Gasteiger partial charge in [0, 0.05) is 30.5 Å². The molecule has 26 heavy (non-hydrogen) atoms. The number of nitrogens with one attached hydrogen (secondary N) is 2. The Hall–Kier alpha value is -3.15. The topological polar surface area (TPSA) is 78.5 Å². The van der Waals surface area contributed by atoms with Gasteiger partial charge >= 0.3 is 0 Å². The maximum Gasteiger partial charge on any atom is 0.236 e. The summed E-state index contributed by atoms with van der Waals surface area (Å²) in [6.45, 7) is 2.06. The zero-order chi connectivity index (χ0) is 18.5. The molecule has 0 atom stereocenters. The number of aryl methyl sites for hydroxylation is 1. The molecule has 0 aromatic heterocycles. The first-order valence-corrected chi connectivity index (χ1v) is 8.59. The lowest BCUT2D eigenvalue weighted by molar-refractivity contribution is -0.125. The van der Waals surface area contributed by atoms with Crippen LogP contribution in [-0.2, 0) is 20.8 Å². The van der Waals surface area contributed by atoms with Gasteiger partial charge in [-0.15, -0.1) is 0 Å². The van der Waals surface area contributed by atoms with Crippen LogP contribution < -0.4 is 15.5 Å². The summed E-state index contributed by atoms with van der Waals surface area (Å²) in [7, 11) is 0. The molecule has 3 rings (SSSR count). The normalized spacial score (nSPS) is 12.9. The van der Waals surface area contributed by atoms with Crippen LogP contribution in [-0.4, -0.2) is 24.3 Å². The lowest BCUT2D eigenvalue weighted by Crippen LogP contribution is -2.37. The molecule has 0 aliphatic carbocycles. The van der Waals surface area contributed by atoms with Gasteiger partial charge in [0.1, 0.15) is 6.42 Å². The van der Waals surface area contributed by atoms with E-state index >= 15 is 0 Å². The van der Waals surface area contributed by atoms with E-state index in [4.69, 9.17) is 0 Å². The minimum atomic E-state index is -0.356. The van der Waals surface area contributed by atoms with Gasteiger partial charge in [0.2, 0.25) is 17.7 Å². The predicted octanol–water partition coefficient (Wildman–Crippen LogP) is 2.95. The average molecular weight is 351 g/mol. The molecule has 0 spiro atoms. The number of nitrogens with zero attached hydrogens (tertiary/aromatic N) is 1. The summed E-state index contributed by atoms with van der Waals surface area (Å²) in [6.07, 6.45) is 1.64. The average Bonchev–Trinajstić information content (AvgIpc) is 2.62. The summed E-state index contributed by atoms with van der Waals surface area (Å²) in [4.78, 5) is 37.5. The number of benzene rings is 2. The number of rotatable bonds is 4. The second-order valence-corrected chi connectivity index (χ2v) is 6.26. The summed E-state index contributed by atoms with van der Waals surface area (Å²) < 4.78 is 0. The molecule has 1 aliphatic heterocycles. The van der Waals surface area contributed by atoms with Crippen LogP contribution in [0.3, 0.4) is 0 Å². The van der Waals surface area contributed by atoms with E-state index in [1.807, 2.05) is 24.3 Å². The van der Waals surface area contributed by atoms with Crippen molar-refractivity contribution in [3.8, 4) is 0 Å². The Morgan fingerprint density at radius 3 is 2.31 bits per heavy atom. The van der Waals surface area contributed by atoms with E-state index in [1.165, 1.54) is 6.92 Å². The zero-order valence-electron chi connectivity index (χ0n) is 14.6. The molecule has 1 heterocycles. The quantitative estimate of drug-likeness (QED) is 0.831. The highest BCUT2D eigenvalue weighted by atomic mass is 16.2. The van der Waals surface area contributed by atoms with E-state index in [0.717, 1.165) is 24.1 Å². The first-order chi connectivity index (χ1) is 12.5. The van der Waals surface area contributed by atoms with E-state index in [0.29, 0.717) is 17.9 Å². The lowest BCUT2D eigenvalue weighted by atomic mass is 10.0. The summed E-state index contributed by atoms with van der Waals surface area (Å²) in [5.41, 5.74) is 3.27. The van der Waals surface area contributed by atoms with Crippen molar-refractivity contribution in [3.63, 3.8) is 0 Å². The van der Waals surface area contributed by atoms with Crippen LogP contribution in [0.25, 0.3) is 0 Å². The third-order valence-corrected chi connectivity index (χ3v) is 4.21. The molecule has 0 bridgehead atoms. The smallest absolute Gasteiger partial charge is 0.236 e. The molecule has 6 heteroatoms. The number of amides is 3. The summed E-state index contributed by atoms with van der Waals surface area (Å²) in [6, 6.07) is 14.6. The van der Waals surface area contributed by atoms with Crippen molar-refractivity contribution in [2.75, 3.05) is 22.1 Å². The molecule has 2 N–H and O–H groups in total. The molecule has 0 fully saturated rings. The van der Waals surface area contributed by atoms with Crippen LogP contribution in [0.2, 0.25) is 0 Å². The molecule has 0 saturated carbocycles. The molecule has 6 nitrogen and oxygen atoms in total. The predicted molar refractivity (Wildman–Crippen MR) is 101 cm³/mol. The van der Waals surface area contributed by atoms with E-state index in [1.54, 1.807) is 29.2 Å². The molecule has 2 aromatic rings. The molecule has 3 amide bonds. The van der Waals surface area contributed by atoms with Crippen molar-refractivity contribution in [1.82, 2.24) is 0 Å². The Balaban J connectivity index is 1.60. The zero-order valence-corrected chi connectivity index (χ0v) is 14.6. The van der Waals surface area contributed by atoms with Gasteiger partial charge in [0.05, 0.1) is 0 Å². The van der Waals surface area contributed by atoms with E-state index in [9.17, 15) is 14.4 Å². The first kappa shape index (κ1) is 17.7. The van der Waals surface area contributed by atoms with E-state index < -0.39 is 0 Å². The van der Waals surface area contributed by atoms with Crippen LogP contribution in [0.4, 0.5) is 17.1 Å². The van der Waals surface area contributed by atoms with Crippen molar-refractivity contribution < 1.29 is 14.4 Å². The van der Waals surface area contributed by atoms with Crippen LogP contribution >= 0.6 is 0 Å². The van der Waals surface area contributed by atoms with Gasteiger partial charge in [0.25, 0.3) is 0 Å². The lowest BCUT2D eigenvalue weighted by Gasteiger charge is -2.29. The molecule has 1 aliphatic rings. The maximum absolute atomic E-state index is 12.6. The standard InChI is InChI=1S/C20H21N3O3/c1-14(24)21-16-8-10-17(11-9-16)22-19(25)13-20(26)23-12-4-6-15-5-2-3-7-18(15)23/h2-3,5,7-11H,4,6,12-13H2,1H3,(H,21,24)(H,22,25). The Bertz CT molecular complexity index is 830. The van der Waals surface area contributed by atoms with Gasteiger partial charge in [-0.25, -0.2) is 0 Å². The Morgan fingerprint density at radius 2 is 1.62 bits per heavy atom. The van der Waals surface area contributed by atoms with Gasteiger partial charge in [0.15, 0.2) is 0 Å². The summed E-state index contributed by atoms with van der Waals surface area (Å²) in [5.74, 6) is -0.718. The largest absolute Gasteiger partial charge is 0.326 e. The van der Waals surface area contributed by atoms with Crippen molar-refractivity contribution in [1.29, 1.82) is 0 Å². The van der Waals surface area contributed by atoms with Crippen molar-refractivity contribution >= 4 is 34.8 Å². The number of carbonyl (C=O) groups is 3. The van der Waals surface area contributed by atoms with Crippen molar-refractivity contribution in [3.05, 3.63) is 54.1 Å². The fraction of sp³-hybridized carbons (Fsp3) is 0.250. The Morgan fingerprint density at radius 1 is 0.962 bits per heavy atom. The molecular formula is C20H21N3O3. The minimum absolute atomic E-state index is 0.158. The van der Waals surface area contributed by atoms with Gasteiger partial charge in [-0.3, -0.25) is 14.4 Å². The summed E-state index contributed by atoms with van der Waals surface area (Å²) in [5, 5.41) is 5.37. The third-order valence-electron chi connectivity index (χ3n) is 4.21. The van der Waals surface area contributed by atoms with Gasteiger partial charge in [-0.1, -0.05) is 18.2 Å². The van der Waals surface area contributed by atoms with Crippen molar-refractivity contribution in [2.45, 2.75) is 26.2 Å². The van der Waals surface area contributed by atoms with E-state index in [-0.39, 0.29) is 24.1 Å². The van der Waals surface area contributed by atoms with E-state index in [2.05, 4.69) is 10.6 Å². The maximum atomic E-state index is 12.6. The minimum Gasteiger partial charge on any atom is -0.326 e. The van der Waals surface area contributed by atoms with Crippen LogP contribution in [0.5, 0.6) is 0 Å². The highest BCUT2D eigenvalue weighted by Gasteiger charge is 2.23. The van der Waals surface area contributed by atoms with Crippen LogP contribution in [0, 0.1) is 0 Å². The number of anilines is 3. The molecule has 2 aromatic carbocycles. The number of fused-ring (bicyclic) bond motifs is 1. The van der Waals surface area contributed by atoms with Gasteiger partial charge < -0.3 is 15.5 Å². The third kappa shape index (κ3) is 4.27. The summed E-state index contributed by atoms with van der Waals surface area (Å²) >= 11 is 0. The Labute approximate surface area is 152 Å². The highest BCUT2D eigenvalue weighted by Crippen LogP contribution is 2.27. The number of hydrogen-bond donors (Lipinski definition) is 2. The molecule has 0 radical (unpaired) electrons. The fourth-order valence-corrected chi connectivity index (χ4v) is 3.07. The fourth-order valence-electron chi connectivity index (χ4n) is 3.07. The van der Waals surface area contributed by atoms with Crippen LogP contribution in [0.1, 0.15) is 25.3 Å². The van der Waals surface area contributed by atoms with Crippen LogP contribution in [0.15, 0.2) is 48.5 Å². The molecule has 134 valence electrons. The van der Waals surface area contributed by atoms with Gasteiger partial charge in [-0.2, -0.15) is 0 Å². The molecule has 0 saturated heterocycles. The number of carbonyl (C=O) groups excluding carboxylic acids is 3. The van der Waals surface area contributed by atoms with Gasteiger partial charge in [-0.05, 0) is 48.7 Å². The number of hydrogen-bond acceptors (Lipinski definition) is 3. The SMILES string of the molecule is CC(=O)Nc1ccc(NC(=O)CC(=O)N2CCCc3ccccc32)cc1. The molecule has 0 unspecified atom stereocenters. The monoisotopic (exact) mass is 351 g/mol. The second kappa shape index (κ2) is 7.82. The second-order valence-electron chi connectivity index (χ2n) is 6.26.